The smallest absolute Gasteiger partial charge is 0.356 e. The first-order chi connectivity index (χ1) is 21.8. The zero-order chi connectivity index (χ0) is 33.2. The number of hydrogen-bond acceptors (Lipinski definition) is 11. The summed E-state index contributed by atoms with van der Waals surface area (Å²) < 4.78 is 45.9. The van der Waals surface area contributed by atoms with Gasteiger partial charge in [0.1, 0.15) is 11.1 Å². The number of non-ortho nitro benzene ring substituents is 1. The lowest BCUT2D eigenvalue weighted by Gasteiger charge is -2.54. The van der Waals surface area contributed by atoms with Crippen molar-refractivity contribution in [2.45, 2.75) is 36.3 Å². The molecule has 2 aliphatic rings. The van der Waals surface area contributed by atoms with Crippen LogP contribution in [0.2, 0.25) is 0 Å². The van der Waals surface area contributed by atoms with Crippen LogP contribution in [0.1, 0.15) is 36.6 Å². The third-order valence-corrected chi connectivity index (χ3v) is 9.73. The van der Waals surface area contributed by atoms with Gasteiger partial charge in [-0.15, -0.1) is 11.8 Å². The number of carbonyl (C=O) groups is 3. The number of rotatable bonds is 10. The Hall–Kier alpha value is -4.86. The third kappa shape index (κ3) is 6.42. The molecule has 2 unspecified atom stereocenters. The maximum Gasteiger partial charge on any atom is 0.356 e. The van der Waals surface area contributed by atoms with Gasteiger partial charge in [0.15, 0.2) is 11.6 Å². The Balaban J connectivity index is 1.55. The first kappa shape index (κ1) is 32.5. The van der Waals surface area contributed by atoms with E-state index in [1.807, 2.05) is 0 Å². The van der Waals surface area contributed by atoms with Gasteiger partial charge in [0.25, 0.3) is 17.0 Å². The number of ether oxygens (including phenoxy) is 2. The monoisotopic (exact) mass is 665 g/mol. The Labute approximate surface area is 267 Å². The van der Waals surface area contributed by atoms with Crippen molar-refractivity contribution in [3.63, 3.8) is 0 Å². The van der Waals surface area contributed by atoms with E-state index in [-0.39, 0.29) is 17.0 Å². The number of nitro groups is 1. The summed E-state index contributed by atoms with van der Waals surface area (Å²) in [7, 11) is -5.12. The number of amides is 1. The number of esters is 2. The van der Waals surface area contributed by atoms with Crippen LogP contribution in [0.5, 0.6) is 0 Å². The first-order valence-corrected chi connectivity index (χ1v) is 16.3. The van der Waals surface area contributed by atoms with Crippen LogP contribution >= 0.6 is 11.8 Å². The molecule has 0 spiro atoms. The number of benzene rings is 3. The van der Waals surface area contributed by atoms with Crippen molar-refractivity contribution in [2.24, 2.45) is 4.99 Å². The van der Waals surface area contributed by atoms with Crippen LogP contribution in [0.3, 0.4) is 0 Å². The molecule has 1 amide bonds. The predicted molar refractivity (Wildman–Crippen MR) is 167 cm³/mol. The second kappa shape index (κ2) is 12.9. The molecule has 1 N–H and O–H groups in total. The number of aliphatic imine (C=N–C) groups is 1. The maximum atomic E-state index is 14.1. The van der Waals surface area contributed by atoms with E-state index in [0.29, 0.717) is 16.7 Å². The van der Waals surface area contributed by atoms with Crippen LogP contribution in [0, 0.1) is 10.1 Å². The summed E-state index contributed by atoms with van der Waals surface area (Å²) in [5, 5.41) is 10.2. The van der Waals surface area contributed by atoms with Crippen molar-refractivity contribution in [1.82, 2.24) is 4.90 Å². The minimum Gasteiger partial charge on any atom is -0.448 e. The summed E-state index contributed by atoms with van der Waals surface area (Å²) >= 11 is 1.05. The van der Waals surface area contributed by atoms with Gasteiger partial charge >= 0.3 is 22.1 Å². The molecular weight excluding hydrogens is 638 g/mol. The Bertz CT molecular complexity index is 1810. The maximum absolute atomic E-state index is 14.1. The van der Waals surface area contributed by atoms with Gasteiger partial charge in [0.05, 0.1) is 4.92 Å². The Morgan fingerprint density at radius 1 is 1.04 bits per heavy atom. The van der Waals surface area contributed by atoms with Gasteiger partial charge in [-0.3, -0.25) is 34.1 Å². The zero-order valence-electron chi connectivity index (χ0n) is 24.4. The van der Waals surface area contributed by atoms with Gasteiger partial charge < -0.3 is 9.47 Å². The van der Waals surface area contributed by atoms with E-state index < -0.39 is 61.0 Å². The van der Waals surface area contributed by atoms with Crippen molar-refractivity contribution in [2.75, 3.05) is 5.75 Å². The van der Waals surface area contributed by atoms with Crippen molar-refractivity contribution in [3.8, 4) is 0 Å². The van der Waals surface area contributed by atoms with Crippen LogP contribution < -0.4 is 0 Å². The summed E-state index contributed by atoms with van der Waals surface area (Å²) in [4.78, 5) is 55.7. The van der Waals surface area contributed by atoms with Crippen molar-refractivity contribution in [3.05, 3.63) is 123 Å². The van der Waals surface area contributed by atoms with Crippen molar-refractivity contribution in [1.29, 1.82) is 0 Å². The van der Waals surface area contributed by atoms with Crippen LogP contribution in [0.25, 0.3) is 0 Å². The number of β-lactam (4-membered cyclic amide) rings is 1. The SMILES string of the molecule is CC(=O)OC(C1=C(C(=O)OC(c2ccccc2)c2ccccc2)N2C(=O)C(C)(N=Cc3ccc([N+](=O)[O-])cc3)[C@H]2SC1)S(=O)(=O)O. The van der Waals surface area contributed by atoms with Crippen LogP contribution in [-0.4, -0.2) is 69.0 Å². The van der Waals surface area contributed by atoms with Gasteiger partial charge in [-0.05, 0) is 35.7 Å². The quantitative estimate of drug-likeness (QED) is 0.0823. The van der Waals surface area contributed by atoms with Crippen LogP contribution in [0.4, 0.5) is 5.69 Å². The molecule has 238 valence electrons. The van der Waals surface area contributed by atoms with Gasteiger partial charge in [0, 0.05) is 36.6 Å². The molecule has 2 aliphatic heterocycles. The molecule has 2 heterocycles. The molecule has 0 radical (unpaired) electrons. The number of hydrogen-bond donors (Lipinski definition) is 1. The second-order valence-corrected chi connectivity index (χ2v) is 13.1. The predicted octanol–water partition coefficient (Wildman–Crippen LogP) is 4.05. The van der Waals surface area contributed by atoms with E-state index in [4.69, 9.17) is 9.47 Å². The molecule has 15 heteroatoms. The van der Waals surface area contributed by atoms with Crippen LogP contribution in [-0.2, 0) is 34.0 Å². The largest absolute Gasteiger partial charge is 0.448 e. The van der Waals surface area contributed by atoms with E-state index in [9.17, 15) is 37.5 Å². The van der Waals surface area contributed by atoms with Crippen molar-refractivity contribution < 1.29 is 41.8 Å². The van der Waals surface area contributed by atoms with E-state index in [1.54, 1.807) is 60.7 Å². The molecule has 3 aromatic carbocycles. The fourth-order valence-electron chi connectivity index (χ4n) is 5.12. The normalized spacial score (nSPS) is 20.2. The fraction of sp³-hybridized carbons (Fsp3) is 0.226. The molecule has 1 saturated heterocycles. The summed E-state index contributed by atoms with van der Waals surface area (Å²) in [6.07, 6.45) is 0.398. The highest BCUT2D eigenvalue weighted by Crippen LogP contribution is 2.49. The minimum absolute atomic E-state index is 0.122. The summed E-state index contributed by atoms with van der Waals surface area (Å²) in [6.45, 7) is 2.47. The Kier molecular flexibility index (Phi) is 9.10. The van der Waals surface area contributed by atoms with E-state index >= 15 is 0 Å². The highest BCUT2D eigenvalue weighted by Gasteiger charge is 2.63. The standard InChI is InChI=1S/C31H27N3O10S2/c1-19(35)43-28(46(40,41)42)24-18-45-30-31(2,32-17-20-13-15-23(16-14-20)34(38)39)29(37)33(30)25(24)27(36)44-26(21-9-5-3-6-10-21)22-11-7-4-8-12-22/h3-17,26,28,30H,18H2,1-2H3,(H,40,41,42)/t28?,30-,31?/m1/s1. The number of carbonyl (C=O) groups excluding carboxylic acids is 3. The molecule has 0 bridgehead atoms. The molecule has 0 aromatic heterocycles. The van der Waals surface area contributed by atoms with Crippen LogP contribution in [0.15, 0.2) is 101 Å². The van der Waals surface area contributed by atoms with Gasteiger partial charge in [-0.25, -0.2) is 4.79 Å². The molecule has 1 fully saturated rings. The molecule has 3 atom stereocenters. The molecule has 46 heavy (non-hydrogen) atoms. The lowest BCUT2D eigenvalue weighted by Crippen LogP contribution is -2.71. The van der Waals surface area contributed by atoms with E-state index in [1.165, 1.54) is 37.4 Å². The highest BCUT2D eigenvalue weighted by atomic mass is 32.2. The van der Waals surface area contributed by atoms with Gasteiger partial charge in [-0.1, -0.05) is 60.7 Å². The second-order valence-electron chi connectivity index (χ2n) is 10.5. The number of nitro benzene ring substituents is 1. The number of fused-ring (bicyclic) bond motifs is 1. The molecule has 13 nitrogen and oxygen atoms in total. The Morgan fingerprint density at radius 2 is 1.61 bits per heavy atom. The lowest BCUT2D eigenvalue weighted by atomic mass is 9.89. The third-order valence-electron chi connectivity index (χ3n) is 7.35. The molecule has 3 aromatic rings. The molecule has 5 rings (SSSR count). The van der Waals surface area contributed by atoms with E-state index in [0.717, 1.165) is 23.6 Å². The molecular formula is C31H27N3O10S2. The summed E-state index contributed by atoms with van der Waals surface area (Å²) in [5.41, 5.74) is -3.02. The minimum atomic E-state index is -5.12. The number of thioether (sulfide) groups is 1. The van der Waals surface area contributed by atoms with Gasteiger partial charge in [-0.2, -0.15) is 8.42 Å². The Morgan fingerprint density at radius 3 is 2.11 bits per heavy atom. The topological polar surface area (TPSA) is 183 Å². The summed E-state index contributed by atoms with van der Waals surface area (Å²) in [5.74, 6) is -3.08. The van der Waals surface area contributed by atoms with Crippen molar-refractivity contribution >= 4 is 51.6 Å². The van der Waals surface area contributed by atoms with E-state index in [2.05, 4.69) is 4.99 Å². The first-order valence-electron chi connectivity index (χ1n) is 13.7. The average molecular weight is 666 g/mol. The fourth-order valence-corrected chi connectivity index (χ4v) is 7.50. The summed E-state index contributed by atoms with van der Waals surface area (Å²) in [6, 6.07) is 23.0. The molecule has 0 aliphatic carbocycles. The molecule has 0 saturated carbocycles. The van der Waals surface area contributed by atoms with Gasteiger partial charge in [0.2, 0.25) is 0 Å². The number of nitrogens with zero attached hydrogens (tertiary/aromatic N) is 3. The average Bonchev–Trinajstić information content (AvgIpc) is 3.04. The zero-order valence-corrected chi connectivity index (χ0v) is 26.0. The lowest BCUT2D eigenvalue weighted by molar-refractivity contribution is -0.384. The highest BCUT2D eigenvalue weighted by molar-refractivity contribution is 8.00.